The molecule has 0 radical (unpaired) electrons. The first-order chi connectivity index (χ1) is 1.41. The zero-order valence-electron chi connectivity index (χ0n) is 4.14. The van der Waals surface area contributed by atoms with Crippen molar-refractivity contribution in [3.8, 4) is 0 Å². The van der Waals surface area contributed by atoms with Gasteiger partial charge in [0.1, 0.15) is 0 Å². The molecule has 0 saturated heterocycles. The third-order valence-corrected chi connectivity index (χ3v) is 0. The zero-order valence-corrected chi connectivity index (χ0v) is 9.75. The number of hydrogen-bond acceptors (Lipinski definition) is 0. The van der Waals surface area contributed by atoms with E-state index in [1.54, 1.807) is 0 Å². The minimum atomic E-state index is 0. The van der Waals surface area contributed by atoms with Crippen molar-refractivity contribution in [1.29, 1.82) is 0 Å². The van der Waals surface area contributed by atoms with Crippen LogP contribution in [0.5, 0.6) is 0 Å². The average molecular weight is 201 g/mol. The molecule has 0 saturated carbocycles. The summed E-state index contributed by atoms with van der Waals surface area (Å²) in [6.07, 6.45) is 0. The van der Waals surface area contributed by atoms with E-state index in [9.17, 15) is 0 Å². The van der Waals surface area contributed by atoms with Gasteiger partial charge in [0.2, 0.25) is 0 Å². The maximum atomic E-state index is 6.75. The molecule has 0 aliphatic rings. The third-order valence-electron chi connectivity index (χ3n) is 0. The minimum absolute atomic E-state index is 0. The standard InChI is InChI=1S/Al.3ClH.N3.Na/c;;;;1-3-2;/h;3*1H;;/q+3;;;;-1;+1. The average Bonchev–Trinajstić information content (AvgIpc) is 0.918. The van der Waals surface area contributed by atoms with Gasteiger partial charge in [0.15, 0.2) is 0 Å². The van der Waals surface area contributed by atoms with Gasteiger partial charge in [-0.25, -0.2) is 0 Å². The van der Waals surface area contributed by atoms with Gasteiger partial charge in [0, 0.05) is 0 Å². The van der Waals surface area contributed by atoms with Gasteiger partial charge in [-0.3, -0.25) is 4.91 Å². The van der Waals surface area contributed by atoms with Gasteiger partial charge in [-0.2, -0.15) is 0 Å². The van der Waals surface area contributed by atoms with Gasteiger partial charge < -0.3 is 11.1 Å². The van der Waals surface area contributed by atoms with E-state index in [1.807, 2.05) is 0 Å². The first kappa shape index (κ1) is 53.5. The Morgan fingerprint density at radius 3 is 0.875 bits per heavy atom. The molecule has 0 fully saturated rings. The van der Waals surface area contributed by atoms with Crippen LogP contribution in [-0.2, 0) is 0 Å². The largest absolute Gasteiger partial charge is 3.00 e. The molecule has 0 aromatic rings. The van der Waals surface area contributed by atoms with E-state index >= 15 is 0 Å². The smallest absolute Gasteiger partial charge is 0.373 e. The fourth-order valence-corrected chi connectivity index (χ4v) is 0. The molecule has 0 aliphatic carbocycles. The van der Waals surface area contributed by atoms with Crippen molar-refractivity contribution in [1.82, 2.24) is 0 Å². The summed E-state index contributed by atoms with van der Waals surface area (Å²) in [7, 11) is 0. The summed E-state index contributed by atoms with van der Waals surface area (Å²) in [6, 6.07) is 0. The van der Waals surface area contributed by atoms with Gasteiger partial charge in [-0.15, -0.1) is 37.2 Å². The predicted octanol–water partition coefficient (Wildman–Crippen LogP) is -1.25. The third kappa shape index (κ3) is 118. The molecule has 0 aromatic heterocycles. The molecule has 0 atom stereocenters. The Labute approximate surface area is 99.0 Å². The molecule has 0 aromatic carbocycles. The Balaban J connectivity index is -0.00000000200. The summed E-state index contributed by atoms with van der Waals surface area (Å²) in [6.45, 7) is 0. The van der Waals surface area contributed by atoms with E-state index in [2.05, 4.69) is 0 Å². The molecule has 0 unspecified atom stereocenters. The Hall–Kier alpha value is 1.71. The van der Waals surface area contributed by atoms with Crippen LogP contribution in [0.1, 0.15) is 0 Å². The molecule has 0 bridgehead atoms. The van der Waals surface area contributed by atoms with Crippen molar-refractivity contribution >= 4 is 54.6 Å². The first-order valence-corrected chi connectivity index (χ1v) is 0.400. The topological polar surface area (TPSA) is 58.7 Å². The number of nitrogens with zero attached hydrogens (tertiary/aromatic N) is 3. The van der Waals surface area contributed by atoms with E-state index in [0.29, 0.717) is 0 Å². The molecule has 0 rings (SSSR count). The maximum Gasteiger partial charge on any atom is 3.00 e. The second kappa shape index (κ2) is 70.4. The monoisotopic (exact) mass is 200 g/mol. The molecule has 0 aliphatic heterocycles. The van der Waals surface area contributed by atoms with Crippen molar-refractivity contribution in [2.24, 2.45) is 0 Å². The summed E-state index contributed by atoms with van der Waals surface area (Å²) in [5, 5.41) is 0. The predicted molar refractivity (Wildman–Crippen MR) is 37.6 cm³/mol. The van der Waals surface area contributed by atoms with Crippen LogP contribution < -0.4 is 29.6 Å². The summed E-state index contributed by atoms with van der Waals surface area (Å²) in [4.78, 5) is 1.50. The van der Waals surface area contributed by atoms with Crippen LogP contribution in [0.15, 0.2) is 0 Å². The van der Waals surface area contributed by atoms with Gasteiger partial charge in [-0.05, 0) is 0 Å². The molecule has 0 spiro atoms. The Bertz CT molecular complexity index is 35.5. The molecule has 3 nitrogen and oxygen atoms in total. The molecular formula is H3AlCl3N3Na+3. The number of halogens is 3. The normalized spacial score (nSPS) is 1.00. The number of hydrogen-bond donors (Lipinski definition) is 0. The molecule has 8 heavy (non-hydrogen) atoms. The SMILES string of the molecule is Cl.Cl.Cl.[Al+3].[N-]=[N+]=[N-].[Na+]. The second-order valence-corrected chi connectivity index (χ2v) is 0.0894. The van der Waals surface area contributed by atoms with E-state index in [0.717, 1.165) is 0 Å². The fraction of sp³-hybridized carbons (Fsp3) is 0. The molecule has 0 N–H and O–H groups in total. The van der Waals surface area contributed by atoms with Crippen molar-refractivity contribution < 1.29 is 29.6 Å². The van der Waals surface area contributed by atoms with Gasteiger partial charge in [0.05, 0.1) is 0 Å². The van der Waals surface area contributed by atoms with Gasteiger partial charge in [0.25, 0.3) is 0 Å². The van der Waals surface area contributed by atoms with Gasteiger partial charge >= 0.3 is 46.9 Å². The van der Waals surface area contributed by atoms with Crippen molar-refractivity contribution in [2.45, 2.75) is 0 Å². The van der Waals surface area contributed by atoms with E-state index < -0.39 is 0 Å². The van der Waals surface area contributed by atoms with Crippen LogP contribution >= 0.6 is 37.2 Å². The van der Waals surface area contributed by atoms with Crippen molar-refractivity contribution in [3.63, 3.8) is 0 Å². The zero-order chi connectivity index (χ0) is 2.71. The van der Waals surface area contributed by atoms with E-state index in [1.165, 1.54) is 4.91 Å². The summed E-state index contributed by atoms with van der Waals surface area (Å²) >= 11 is 0. The fourth-order valence-electron chi connectivity index (χ4n) is 0. The summed E-state index contributed by atoms with van der Waals surface area (Å²) < 4.78 is 0. The van der Waals surface area contributed by atoms with Crippen molar-refractivity contribution in [2.75, 3.05) is 0 Å². The van der Waals surface area contributed by atoms with Gasteiger partial charge in [-0.1, -0.05) is 0 Å². The summed E-state index contributed by atoms with van der Waals surface area (Å²) in [5.74, 6) is 0. The molecule has 8 heteroatoms. The van der Waals surface area contributed by atoms with Crippen LogP contribution in [0.25, 0.3) is 16.0 Å². The molecular weight excluding hydrogens is 198 g/mol. The molecule has 0 amide bonds. The van der Waals surface area contributed by atoms with Crippen LogP contribution in [0, 0.1) is 0 Å². The Morgan fingerprint density at radius 2 is 0.875 bits per heavy atom. The van der Waals surface area contributed by atoms with Crippen LogP contribution in [0.2, 0.25) is 0 Å². The molecule has 40 valence electrons. The first-order valence-electron chi connectivity index (χ1n) is 0.400. The van der Waals surface area contributed by atoms with E-state index in [4.69, 9.17) is 11.1 Å². The quantitative estimate of drug-likeness (QED) is 0.204. The number of rotatable bonds is 0. The van der Waals surface area contributed by atoms with Crippen molar-refractivity contribution in [3.05, 3.63) is 16.0 Å². The summed E-state index contributed by atoms with van der Waals surface area (Å²) in [5.41, 5.74) is 13.5. The molecule has 0 heterocycles. The Morgan fingerprint density at radius 1 is 0.875 bits per heavy atom. The van der Waals surface area contributed by atoms with E-state index in [-0.39, 0.29) is 84.1 Å². The van der Waals surface area contributed by atoms with Crippen LogP contribution in [-0.4, -0.2) is 17.4 Å². The maximum absolute atomic E-state index is 6.75. The Kier molecular flexibility index (Phi) is 471. The minimum Gasteiger partial charge on any atom is -0.373 e. The van der Waals surface area contributed by atoms with Crippen LogP contribution in [0.3, 0.4) is 0 Å². The van der Waals surface area contributed by atoms with Crippen LogP contribution in [0.4, 0.5) is 0 Å². The second-order valence-electron chi connectivity index (χ2n) is 0.0894.